The Balaban J connectivity index is 2.55. The van der Waals surface area contributed by atoms with Crippen LogP contribution in [0, 0.1) is 5.92 Å². The van der Waals surface area contributed by atoms with E-state index >= 15 is 0 Å². The van der Waals surface area contributed by atoms with E-state index in [4.69, 9.17) is 9.52 Å². The van der Waals surface area contributed by atoms with E-state index in [0.29, 0.717) is 18.8 Å². The summed E-state index contributed by atoms with van der Waals surface area (Å²) < 4.78 is 5.13. The molecule has 1 atom stereocenters. The minimum Gasteiger partial charge on any atom is -0.480 e. The Morgan fingerprint density at radius 3 is 2.60 bits per heavy atom. The maximum atomic E-state index is 12.1. The van der Waals surface area contributed by atoms with Crippen LogP contribution in [0.1, 0.15) is 26.5 Å². The van der Waals surface area contributed by atoms with Gasteiger partial charge < -0.3 is 14.8 Å². The molecule has 1 rings (SSSR count). The molecule has 0 radical (unpaired) electrons. The fourth-order valence-electron chi connectivity index (χ4n) is 1.90. The van der Waals surface area contributed by atoms with Crippen molar-refractivity contribution in [3.63, 3.8) is 0 Å². The maximum Gasteiger partial charge on any atom is 0.317 e. The van der Waals surface area contributed by atoms with Crippen LogP contribution >= 0.6 is 0 Å². The molecule has 1 heterocycles. The first-order chi connectivity index (χ1) is 9.40. The monoisotopic (exact) mass is 282 g/mol. The Bertz CT molecular complexity index is 428. The van der Waals surface area contributed by atoms with Crippen LogP contribution in [0.5, 0.6) is 0 Å². The molecule has 0 saturated heterocycles. The molecule has 1 unspecified atom stereocenters. The summed E-state index contributed by atoms with van der Waals surface area (Å²) in [6.45, 7) is 6.40. The van der Waals surface area contributed by atoms with Crippen molar-refractivity contribution >= 4 is 11.9 Å². The van der Waals surface area contributed by atoms with Crippen molar-refractivity contribution in [2.45, 2.75) is 33.4 Å². The van der Waals surface area contributed by atoms with Crippen molar-refractivity contribution in [1.29, 1.82) is 0 Å². The molecule has 0 spiro atoms. The summed E-state index contributed by atoms with van der Waals surface area (Å²) >= 11 is 0. The SMILES string of the molecule is CC(C)CN(CC(=O)O)C(C)C(=O)NCc1ccco1. The van der Waals surface area contributed by atoms with Gasteiger partial charge in [0, 0.05) is 6.54 Å². The van der Waals surface area contributed by atoms with Crippen LogP contribution in [0.15, 0.2) is 22.8 Å². The molecule has 112 valence electrons. The number of nitrogens with zero attached hydrogens (tertiary/aromatic N) is 1. The van der Waals surface area contributed by atoms with Gasteiger partial charge in [-0.1, -0.05) is 13.8 Å². The number of aliphatic carboxylic acids is 1. The third kappa shape index (κ3) is 5.44. The summed E-state index contributed by atoms with van der Waals surface area (Å²) in [4.78, 5) is 24.6. The van der Waals surface area contributed by atoms with Crippen LogP contribution in [0.25, 0.3) is 0 Å². The topological polar surface area (TPSA) is 82.8 Å². The number of furan rings is 1. The lowest BCUT2D eigenvalue weighted by molar-refractivity contribution is -0.140. The highest BCUT2D eigenvalue weighted by Gasteiger charge is 2.23. The van der Waals surface area contributed by atoms with Gasteiger partial charge in [0.1, 0.15) is 5.76 Å². The molecule has 6 nitrogen and oxygen atoms in total. The molecule has 0 saturated carbocycles. The Kier molecular flexibility index (Phi) is 6.24. The van der Waals surface area contributed by atoms with E-state index in [1.807, 2.05) is 13.8 Å². The average Bonchev–Trinajstić information content (AvgIpc) is 2.86. The van der Waals surface area contributed by atoms with Gasteiger partial charge in [-0.25, -0.2) is 0 Å². The summed E-state index contributed by atoms with van der Waals surface area (Å²) in [5.41, 5.74) is 0. The fraction of sp³-hybridized carbons (Fsp3) is 0.571. The van der Waals surface area contributed by atoms with Crippen molar-refractivity contribution in [2.24, 2.45) is 5.92 Å². The summed E-state index contributed by atoms with van der Waals surface area (Å²) in [5, 5.41) is 11.7. The van der Waals surface area contributed by atoms with Gasteiger partial charge in [0.2, 0.25) is 5.91 Å². The molecule has 1 aromatic rings. The number of carbonyl (C=O) groups is 2. The number of carbonyl (C=O) groups excluding carboxylic acids is 1. The third-order valence-corrected chi connectivity index (χ3v) is 2.88. The van der Waals surface area contributed by atoms with Crippen molar-refractivity contribution < 1.29 is 19.1 Å². The van der Waals surface area contributed by atoms with Crippen LogP contribution in [-0.2, 0) is 16.1 Å². The Labute approximate surface area is 118 Å². The van der Waals surface area contributed by atoms with Gasteiger partial charge in [0.05, 0.1) is 25.4 Å². The molecule has 1 aromatic heterocycles. The van der Waals surface area contributed by atoms with Crippen molar-refractivity contribution in [3.8, 4) is 0 Å². The van der Waals surface area contributed by atoms with Gasteiger partial charge in [-0.2, -0.15) is 0 Å². The Morgan fingerprint density at radius 2 is 2.10 bits per heavy atom. The molecule has 0 fully saturated rings. The van der Waals surface area contributed by atoms with E-state index in [2.05, 4.69) is 5.32 Å². The van der Waals surface area contributed by atoms with Gasteiger partial charge in [-0.15, -0.1) is 0 Å². The lowest BCUT2D eigenvalue weighted by Crippen LogP contribution is -2.48. The first kappa shape index (κ1) is 16.2. The largest absolute Gasteiger partial charge is 0.480 e. The molecule has 0 aliphatic carbocycles. The van der Waals surface area contributed by atoms with Crippen molar-refractivity contribution in [3.05, 3.63) is 24.2 Å². The first-order valence-corrected chi connectivity index (χ1v) is 6.66. The van der Waals surface area contributed by atoms with E-state index in [1.165, 1.54) is 0 Å². The smallest absolute Gasteiger partial charge is 0.317 e. The standard InChI is InChI=1S/C14H22N2O4/c1-10(2)8-16(9-13(17)18)11(3)14(19)15-7-12-5-4-6-20-12/h4-6,10-11H,7-9H2,1-3H3,(H,15,19)(H,17,18). The zero-order chi connectivity index (χ0) is 15.1. The fourth-order valence-corrected chi connectivity index (χ4v) is 1.90. The van der Waals surface area contributed by atoms with Crippen molar-refractivity contribution in [2.75, 3.05) is 13.1 Å². The zero-order valence-corrected chi connectivity index (χ0v) is 12.1. The second kappa shape index (κ2) is 7.69. The Morgan fingerprint density at radius 1 is 1.40 bits per heavy atom. The third-order valence-electron chi connectivity index (χ3n) is 2.88. The molecular weight excluding hydrogens is 260 g/mol. The molecule has 0 aromatic carbocycles. The molecule has 1 amide bonds. The molecule has 20 heavy (non-hydrogen) atoms. The normalized spacial score (nSPS) is 12.7. The van der Waals surface area contributed by atoms with E-state index < -0.39 is 12.0 Å². The zero-order valence-electron chi connectivity index (χ0n) is 12.1. The number of nitrogens with one attached hydrogen (secondary N) is 1. The Hall–Kier alpha value is -1.82. The maximum absolute atomic E-state index is 12.1. The molecule has 6 heteroatoms. The summed E-state index contributed by atoms with van der Waals surface area (Å²) in [6, 6.07) is 3.03. The van der Waals surface area contributed by atoms with Crippen LogP contribution in [0.4, 0.5) is 0 Å². The number of carboxylic acids is 1. The first-order valence-electron chi connectivity index (χ1n) is 6.66. The number of hydrogen-bond acceptors (Lipinski definition) is 4. The summed E-state index contributed by atoms with van der Waals surface area (Å²) in [6.07, 6.45) is 1.54. The summed E-state index contributed by atoms with van der Waals surface area (Å²) in [7, 11) is 0. The number of carboxylic acid groups (broad SMARTS) is 1. The highest BCUT2D eigenvalue weighted by molar-refractivity contribution is 5.82. The summed E-state index contributed by atoms with van der Waals surface area (Å²) in [5.74, 6) is -0.187. The van der Waals surface area contributed by atoms with Gasteiger partial charge in [0.15, 0.2) is 0 Å². The lowest BCUT2D eigenvalue weighted by atomic mass is 10.1. The van der Waals surface area contributed by atoms with Gasteiger partial charge >= 0.3 is 5.97 Å². The van der Waals surface area contributed by atoms with Gasteiger partial charge in [0.25, 0.3) is 0 Å². The van der Waals surface area contributed by atoms with E-state index in [0.717, 1.165) is 0 Å². The molecule has 2 N–H and O–H groups in total. The van der Waals surface area contributed by atoms with E-state index in [9.17, 15) is 9.59 Å². The molecule has 0 aliphatic heterocycles. The lowest BCUT2D eigenvalue weighted by Gasteiger charge is -2.28. The molecule has 0 bridgehead atoms. The number of hydrogen-bond donors (Lipinski definition) is 2. The van der Waals surface area contributed by atoms with Gasteiger partial charge in [-0.05, 0) is 25.0 Å². The van der Waals surface area contributed by atoms with E-state index in [-0.39, 0.29) is 18.4 Å². The molecule has 0 aliphatic rings. The highest BCUT2D eigenvalue weighted by Crippen LogP contribution is 2.06. The van der Waals surface area contributed by atoms with Gasteiger partial charge in [-0.3, -0.25) is 14.5 Å². The minimum atomic E-state index is -0.934. The minimum absolute atomic E-state index is 0.145. The van der Waals surface area contributed by atoms with Crippen LogP contribution < -0.4 is 5.32 Å². The van der Waals surface area contributed by atoms with Crippen molar-refractivity contribution in [1.82, 2.24) is 10.2 Å². The van der Waals surface area contributed by atoms with Crippen LogP contribution in [0.3, 0.4) is 0 Å². The highest BCUT2D eigenvalue weighted by atomic mass is 16.4. The second-order valence-corrected chi connectivity index (χ2v) is 5.19. The average molecular weight is 282 g/mol. The predicted molar refractivity (Wildman–Crippen MR) is 74.1 cm³/mol. The number of amides is 1. The van der Waals surface area contributed by atoms with Crippen LogP contribution in [-0.4, -0.2) is 41.0 Å². The number of rotatable bonds is 8. The van der Waals surface area contributed by atoms with Crippen LogP contribution in [0.2, 0.25) is 0 Å². The predicted octanol–water partition coefficient (Wildman–Crippen LogP) is 1.33. The molecular formula is C14H22N2O4. The second-order valence-electron chi connectivity index (χ2n) is 5.19. The quantitative estimate of drug-likeness (QED) is 0.751. The van der Waals surface area contributed by atoms with E-state index in [1.54, 1.807) is 30.2 Å².